The maximum atomic E-state index is 12.7. The minimum atomic E-state index is 0. The normalized spacial score (nSPS) is 22.6. The molecule has 144 valence electrons. The van der Waals surface area contributed by atoms with Crippen LogP contribution in [0.4, 0.5) is 0 Å². The maximum absolute atomic E-state index is 12.7. The Morgan fingerprint density at radius 3 is 2.85 bits per heavy atom. The topological polar surface area (TPSA) is 66.6 Å². The molecule has 26 heavy (non-hydrogen) atoms. The molecule has 2 N–H and O–H groups in total. The Kier molecular flexibility index (Phi) is 7.47. The summed E-state index contributed by atoms with van der Waals surface area (Å²) in [6, 6.07) is 8.45. The number of nitrogens with zero attached hydrogens (tertiary/aromatic N) is 2. The van der Waals surface area contributed by atoms with Crippen LogP contribution in [0.25, 0.3) is 0 Å². The van der Waals surface area contributed by atoms with Crippen LogP contribution < -0.4 is 5.73 Å². The van der Waals surface area contributed by atoms with Crippen LogP contribution in [0.3, 0.4) is 0 Å². The summed E-state index contributed by atoms with van der Waals surface area (Å²) in [5.74, 6) is 0.870. The molecule has 2 aliphatic heterocycles. The Morgan fingerprint density at radius 1 is 1.31 bits per heavy atom. The summed E-state index contributed by atoms with van der Waals surface area (Å²) in [6.45, 7) is 4.95. The fourth-order valence-corrected chi connectivity index (χ4v) is 4.24. The standard InChI is InChI=1S/C20H29N3O2.ClH/c1-15-4-2-5-16(12-15)13-20(25)22-11-8-18-17(14-22)6-7-19(24)23(18)10-3-9-21;/h2,4-5,12,17-18H,3,6-11,13-14,21H2,1H3;1H/t17-,18+;/m0./s1. The van der Waals surface area contributed by atoms with Crippen LogP contribution in [0.1, 0.15) is 36.8 Å². The number of nitrogens with two attached hydrogens (primary N) is 1. The Labute approximate surface area is 162 Å². The molecule has 0 unspecified atom stereocenters. The lowest BCUT2D eigenvalue weighted by atomic mass is 9.83. The van der Waals surface area contributed by atoms with Crippen molar-refractivity contribution in [3.63, 3.8) is 0 Å². The molecule has 1 aromatic rings. The van der Waals surface area contributed by atoms with Crippen LogP contribution in [-0.4, -0.2) is 53.8 Å². The Hall–Kier alpha value is -1.59. The Bertz CT molecular complexity index is 637. The average Bonchev–Trinajstić information content (AvgIpc) is 2.60. The van der Waals surface area contributed by atoms with Gasteiger partial charge < -0.3 is 15.5 Å². The van der Waals surface area contributed by atoms with E-state index in [9.17, 15) is 9.59 Å². The van der Waals surface area contributed by atoms with Gasteiger partial charge in [0.05, 0.1) is 6.42 Å². The molecule has 0 bridgehead atoms. The summed E-state index contributed by atoms with van der Waals surface area (Å²) in [5, 5.41) is 0. The average molecular weight is 380 g/mol. The lowest BCUT2D eigenvalue weighted by molar-refractivity contribution is -0.144. The minimum Gasteiger partial charge on any atom is -0.342 e. The predicted octanol–water partition coefficient (Wildman–Crippen LogP) is 2.15. The lowest BCUT2D eigenvalue weighted by Crippen LogP contribution is -2.57. The quantitative estimate of drug-likeness (QED) is 0.852. The van der Waals surface area contributed by atoms with Gasteiger partial charge in [0, 0.05) is 32.1 Å². The summed E-state index contributed by atoms with van der Waals surface area (Å²) in [4.78, 5) is 29.0. The third-order valence-electron chi connectivity index (χ3n) is 5.54. The SMILES string of the molecule is Cc1cccc(CC(=O)N2CC[C@@H]3[C@@H](CCC(=O)N3CCCN)C2)c1.Cl. The van der Waals surface area contributed by atoms with E-state index in [1.807, 2.05) is 21.9 Å². The summed E-state index contributed by atoms with van der Waals surface area (Å²) < 4.78 is 0. The maximum Gasteiger partial charge on any atom is 0.227 e. The molecule has 2 amide bonds. The lowest BCUT2D eigenvalue weighted by Gasteiger charge is -2.47. The summed E-state index contributed by atoms with van der Waals surface area (Å²) >= 11 is 0. The van der Waals surface area contributed by atoms with Gasteiger partial charge >= 0.3 is 0 Å². The second kappa shape index (κ2) is 9.38. The molecule has 0 aliphatic carbocycles. The molecular weight excluding hydrogens is 350 g/mol. The van der Waals surface area contributed by atoms with Crippen molar-refractivity contribution in [1.29, 1.82) is 0 Å². The van der Waals surface area contributed by atoms with Gasteiger partial charge in [-0.1, -0.05) is 29.8 Å². The first-order chi connectivity index (χ1) is 12.1. The smallest absolute Gasteiger partial charge is 0.227 e. The number of rotatable bonds is 5. The van der Waals surface area contributed by atoms with Gasteiger partial charge in [-0.3, -0.25) is 9.59 Å². The van der Waals surface area contributed by atoms with E-state index in [-0.39, 0.29) is 30.3 Å². The number of amides is 2. The van der Waals surface area contributed by atoms with Crippen LogP contribution in [0.5, 0.6) is 0 Å². The number of fused-ring (bicyclic) bond motifs is 1. The van der Waals surface area contributed by atoms with E-state index < -0.39 is 0 Å². The van der Waals surface area contributed by atoms with E-state index in [0.717, 1.165) is 44.5 Å². The molecule has 0 aromatic heterocycles. The molecule has 3 rings (SSSR count). The van der Waals surface area contributed by atoms with Crippen molar-refractivity contribution >= 4 is 24.2 Å². The minimum absolute atomic E-state index is 0. The molecule has 1 aromatic carbocycles. The molecule has 0 saturated carbocycles. The van der Waals surface area contributed by atoms with Crippen LogP contribution in [0.15, 0.2) is 24.3 Å². The van der Waals surface area contributed by atoms with Crippen molar-refractivity contribution in [3.8, 4) is 0 Å². The number of hydrogen-bond donors (Lipinski definition) is 1. The van der Waals surface area contributed by atoms with Crippen LogP contribution in [-0.2, 0) is 16.0 Å². The molecule has 2 atom stereocenters. The molecule has 2 aliphatic rings. The molecule has 0 spiro atoms. The van der Waals surface area contributed by atoms with E-state index in [2.05, 4.69) is 19.1 Å². The zero-order valence-corrected chi connectivity index (χ0v) is 16.3. The first kappa shape index (κ1) is 20.7. The number of halogens is 1. The molecule has 0 radical (unpaired) electrons. The fraction of sp³-hybridized carbons (Fsp3) is 0.600. The van der Waals surface area contributed by atoms with Gasteiger partial charge in [-0.2, -0.15) is 0 Å². The van der Waals surface area contributed by atoms with Crippen molar-refractivity contribution in [3.05, 3.63) is 35.4 Å². The highest BCUT2D eigenvalue weighted by Gasteiger charge is 2.39. The highest BCUT2D eigenvalue weighted by atomic mass is 35.5. The Balaban J connectivity index is 0.00000243. The molecule has 2 fully saturated rings. The van der Waals surface area contributed by atoms with Gasteiger partial charge in [-0.15, -0.1) is 12.4 Å². The van der Waals surface area contributed by atoms with Crippen LogP contribution >= 0.6 is 12.4 Å². The van der Waals surface area contributed by atoms with Crippen molar-refractivity contribution in [2.75, 3.05) is 26.2 Å². The van der Waals surface area contributed by atoms with Gasteiger partial charge in [0.25, 0.3) is 0 Å². The Morgan fingerprint density at radius 2 is 2.12 bits per heavy atom. The first-order valence-corrected chi connectivity index (χ1v) is 9.41. The van der Waals surface area contributed by atoms with Gasteiger partial charge in [-0.05, 0) is 44.2 Å². The molecule has 2 heterocycles. The molecular formula is C20H30ClN3O2. The molecule has 5 nitrogen and oxygen atoms in total. The largest absolute Gasteiger partial charge is 0.342 e. The number of aryl methyl sites for hydroxylation is 1. The first-order valence-electron chi connectivity index (χ1n) is 9.41. The summed E-state index contributed by atoms with van der Waals surface area (Å²) in [6.07, 6.45) is 3.71. The van der Waals surface area contributed by atoms with Crippen molar-refractivity contribution in [1.82, 2.24) is 9.80 Å². The number of carbonyl (C=O) groups excluding carboxylic acids is 2. The van der Waals surface area contributed by atoms with E-state index >= 15 is 0 Å². The van der Waals surface area contributed by atoms with E-state index in [0.29, 0.717) is 25.3 Å². The van der Waals surface area contributed by atoms with Gasteiger partial charge in [0.2, 0.25) is 11.8 Å². The van der Waals surface area contributed by atoms with E-state index in [4.69, 9.17) is 5.73 Å². The van der Waals surface area contributed by atoms with Crippen molar-refractivity contribution < 1.29 is 9.59 Å². The third kappa shape index (κ3) is 4.77. The van der Waals surface area contributed by atoms with Crippen molar-refractivity contribution in [2.24, 2.45) is 11.7 Å². The van der Waals surface area contributed by atoms with Crippen LogP contribution in [0, 0.1) is 12.8 Å². The number of piperidine rings is 2. The number of likely N-dealkylation sites (tertiary alicyclic amines) is 2. The summed E-state index contributed by atoms with van der Waals surface area (Å²) in [7, 11) is 0. The second-order valence-electron chi connectivity index (χ2n) is 7.39. The highest BCUT2D eigenvalue weighted by molar-refractivity contribution is 5.85. The molecule has 6 heteroatoms. The monoisotopic (exact) mass is 379 g/mol. The third-order valence-corrected chi connectivity index (χ3v) is 5.54. The number of carbonyl (C=O) groups is 2. The highest BCUT2D eigenvalue weighted by Crippen LogP contribution is 2.31. The zero-order chi connectivity index (χ0) is 17.8. The summed E-state index contributed by atoms with van der Waals surface area (Å²) in [5.41, 5.74) is 7.88. The number of hydrogen-bond acceptors (Lipinski definition) is 3. The van der Waals surface area contributed by atoms with Crippen LogP contribution in [0.2, 0.25) is 0 Å². The van der Waals surface area contributed by atoms with Gasteiger partial charge in [0.1, 0.15) is 0 Å². The van der Waals surface area contributed by atoms with E-state index in [1.54, 1.807) is 0 Å². The van der Waals surface area contributed by atoms with Crippen molar-refractivity contribution in [2.45, 2.75) is 45.1 Å². The zero-order valence-electron chi connectivity index (χ0n) is 15.5. The number of benzene rings is 1. The fourth-order valence-electron chi connectivity index (χ4n) is 4.24. The van der Waals surface area contributed by atoms with Gasteiger partial charge in [0.15, 0.2) is 0 Å². The second-order valence-corrected chi connectivity index (χ2v) is 7.39. The molecule has 2 saturated heterocycles. The van der Waals surface area contributed by atoms with Gasteiger partial charge in [-0.25, -0.2) is 0 Å². The predicted molar refractivity (Wildman–Crippen MR) is 105 cm³/mol. The van der Waals surface area contributed by atoms with E-state index in [1.165, 1.54) is 5.56 Å².